The fraction of sp³-hybridized carbons (Fsp3) is 0.125. The van der Waals surface area contributed by atoms with Crippen molar-refractivity contribution in [3.8, 4) is 5.75 Å². The summed E-state index contributed by atoms with van der Waals surface area (Å²) in [6.45, 7) is -2.16. The summed E-state index contributed by atoms with van der Waals surface area (Å²) in [5, 5.41) is 6.14. The van der Waals surface area contributed by atoms with Gasteiger partial charge >= 0.3 is 17.2 Å². The summed E-state index contributed by atoms with van der Waals surface area (Å²) in [6.07, 6.45) is 0. The van der Waals surface area contributed by atoms with Crippen molar-refractivity contribution in [2.24, 2.45) is 0 Å². The summed E-state index contributed by atoms with van der Waals surface area (Å²) in [5.74, 6) is -3.04. The van der Waals surface area contributed by atoms with Gasteiger partial charge in [-0.3, -0.25) is 10.1 Å². The first kappa shape index (κ1) is 24.4. The number of carbonyl (C=O) groups is 2. The molecule has 0 aliphatic heterocycles. The molecule has 0 radical (unpaired) electrons. The molecule has 0 unspecified atom stereocenters. The van der Waals surface area contributed by atoms with Crippen LogP contribution in [0, 0.1) is 13.7 Å². The smallest absolute Gasteiger partial charge is 0.367 e. The first-order valence-corrected chi connectivity index (χ1v) is 10.3. The first-order chi connectivity index (χ1) is 14.2. The van der Waals surface area contributed by atoms with E-state index in [9.17, 15) is 41.5 Å². The van der Waals surface area contributed by atoms with Crippen LogP contribution in [0.1, 0.15) is 20.7 Å². The van der Waals surface area contributed by atoms with Gasteiger partial charge in [-0.25, -0.2) is 18.0 Å². The molecule has 0 aromatic heterocycles. The van der Waals surface area contributed by atoms with Crippen LogP contribution < -0.4 is 10.5 Å². The van der Waals surface area contributed by atoms with E-state index in [1.54, 1.807) is 0 Å². The highest BCUT2D eigenvalue weighted by Crippen LogP contribution is 2.27. The molecule has 2 rings (SSSR count). The molecule has 2 aromatic carbocycles. The number of hydrogen-bond acceptors (Lipinski definition) is 10. The van der Waals surface area contributed by atoms with E-state index >= 15 is 0 Å². The fourth-order valence-corrected chi connectivity index (χ4v) is 2.74. The van der Waals surface area contributed by atoms with Gasteiger partial charge in [-0.05, 0) is 46.9 Å². The largest absolute Gasteiger partial charge is 0.743 e. The van der Waals surface area contributed by atoms with Crippen molar-refractivity contribution in [3.05, 3.63) is 61.2 Å². The molecule has 2 N–H and O–H groups in total. The Labute approximate surface area is 186 Å². The lowest BCUT2D eigenvalue weighted by atomic mass is 10.1. The number of ether oxygens (including phenoxy) is 2. The third kappa shape index (κ3) is 5.82. The van der Waals surface area contributed by atoms with Gasteiger partial charge in [0.15, 0.2) is 16.7 Å². The van der Waals surface area contributed by atoms with Gasteiger partial charge in [-0.2, -0.15) is 8.78 Å². The zero-order valence-electron chi connectivity index (χ0n) is 14.9. The molecule has 0 fully saturated rings. The lowest BCUT2D eigenvalue weighted by Gasteiger charge is -2.19. The van der Waals surface area contributed by atoms with Crippen LogP contribution >= 0.6 is 22.6 Å². The second-order valence-corrected chi connectivity index (χ2v) is 8.40. The van der Waals surface area contributed by atoms with E-state index in [-0.39, 0.29) is 11.3 Å². The minimum Gasteiger partial charge on any atom is -0.743 e. The third-order valence-corrected chi connectivity index (χ3v) is 5.35. The summed E-state index contributed by atoms with van der Waals surface area (Å²) < 4.78 is 67.3. The van der Waals surface area contributed by atoms with Gasteiger partial charge in [-0.1, -0.05) is 0 Å². The Morgan fingerprint density at radius 1 is 1.16 bits per heavy atom. The number of carbonyl (C=O) groups excluding carboxylic acids is 2. The Bertz CT molecular complexity index is 1170. The average molecular weight is 571 g/mol. The summed E-state index contributed by atoms with van der Waals surface area (Å²) in [4.78, 5) is 34.3. The molecular formula is C16H10F2IN2O9S-. The molecule has 166 valence electrons. The molecule has 11 nitrogen and oxygen atoms in total. The number of hydrogen-bond donors (Lipinski definition) is 1. The van der Waals surface area contributed by atoms with Gasteiger partial charge in [-0.15, -0.1) is 0 Å². The van der Waals surface area contributed by atoms with E-state index in [0.29, 0.717) is 15.3 Å². The van der Waals surface area contributed by atoms with E-state index in [4.69, 9.17) is 10.5 Å². The standard InChI is InChI=1S/C16H11F2IN2O9S/c17-16(18,31(26,27)28)7-29-15(23)10-6-9(2-4-13(10)21(24)25)30-14(22)8-1-3-12(20)11(19)5-8/h1-6H,7,20H2,(H,26,27,28)/p-1. The van der Waals surface area contributed by atoms with Crippen LogP contribution in [0.5, 0.6) is 5.75 Å². The normalized spacial score (nSPS) is 11.6. The van der Waals surface area contributed by atoms with Crippen LogP contribution in [0.25, 0.3) is 0 Å². The Morgan fingerprint density at radius 2 is 1.81 bits per heavy atom. The topological polar surface area (TPSA) is 179 Å². The highest BCUT2D eigenvalue weighted by Gasteiger charge is 2.40. The van der Waals surface area contributed by atoms with E-state index in [2.05, 4.69) is 4.74 Å². The molecule has 0 spiro atoms. The number of anilines is 1. The van der Waals surface area contributed by atoms with Crippen molar-refractivity contribution in [2.45, 2.75) is 5.25 Å². The lowest BCUT2D eigenvalue weighted by Crippen LogP contribution is -2.34. The maximum Gasteiger partial charge on any atom is 0.367 e. The van der Waals surface area contributed by atoms with Crippen molar-refractivity contribution >= 4 is 56.0 Å². The van der Waals surface area contributed by atoms with Crippen molar-refractivity contribution in [1.82, 2.24) is 0 Å². The monoisotopic (exact) mass is 571 g/mol. The van der Waals surface area contributed by atoms with Crippen LogP contribution in [0.4, 0.5) is 20.2 Å². The number of nitro groups is 1. The molecule has 0 atom stereocenters. The molecule has 0 aliphatic rings. The van der Waals surface area contributed by atoms with Gasteiger partial charge in [0.2, 0.25) is 0 Å². The molecule has 0 saturated carbocycles. The molecule has 0 saturated heterocycles. The third-order valence-electron chi connectivity index (χ3n) is 3.57. The maximum atomic E-state index is 13.2. The quantitative estimate of drug-likeness (QED) is 0.0986. The van der Waals surface area contributed by atoms with Crippen LogP contribution in [-0.4, -0.2) is 41.7 Å². The van der Waals surface area contributed by atoms with Crippen LogP contribution in [-0.2, 0) is 14.9 Å². The van der Waals surface area contributed by atoms with Crippen molar-refractivity contribution in [1.29, 1.82) is 0 Å². The zero-order chi connectivity index (χ0) is 23.6. The SMILES string of the molecule is Nc1ccc(C(=O)Oc2ccc([N+](=O)[O-])c(C(=O)OCC(F)(F)S(=O)(=O)[O-])c2)cc1I. The number of nitro benzene ring substituents is 1. The van der Waals surface area contributed by atoms with E-state index in [1.165, 1.54) is 18.2 Å². The molecule has 0 amide bonds. The van der Waals surface area contributed by atoms with Crippen molar-refractivity contribution in [3.63, 3.8) is 0 Å². The molecule has 31 heavy (non-hydrogen) atoms. The number of nitrogen functional groups attached to an aromatic ring is 1. The van der Waals surface area contributed by atoms with Crippen molar-refractivity contribution < 1.29 is 45.7 Å². The van der Waals surface area contributed by atoms with Gasteiger partial charge in [0.25, 0.3) is 5.69 Å². The number of nitrogens with zero attached hydrogens (tertiary/aromatic N) is 1. The molecule has 2 aromatic rings. The highest BCUT2D eigenvalue weighted by molar-refractivity contribution is 14.1. The zero-order valence-corrected chi connectivity index (χ0v) is 17.9. The minimum atomic E-state index is -6.14. The van der Waals surface area contributed by atoms with Gasteiger partial charge in [0.05, 0.1) is 10.5 Å². The number of alkyl halides is 2. The summed E-state index contributed by atoms with van der Waals surface area (Å²) in [6, 6.07) is 6.54. The first-order valence-electron chi connectivity index (χ1n) is 7.79. The van der Waals surface area contributed by atoms with Gasteiger partial charge < -0.3 is 19.8 Å². The Balaban J connectivity index is 2.29. The molecule has 0 heterocycles. The summed E-state index contributed by atoms with van der Waals surface area (Å²) in [5.41, 5.74) is 4.28. The summed E-state index contributed by atoms with van der Waals surface area (Å²) >= 11 is 1.87. The van der Waals surface area contributed by atoms with E-state index in [1.807, 2.05) is 22.6 Å². The second-order valence-electron chi connectivity index (χ2n) is 5.73. The van der Waals surface area contributed by atoms with Crippen LogP contribution in [0.15, 0.2) is 36.4 Å². The van der Waals surface area contributed by atoms with E-state index in [0.717, 1.165) is 12.1 Å². The van der Waals surface area contributed by atoms with Crippen LogP contribution in [0.3, 0.4) is 0 Å². The number of rotatable bonds is 7. The van der Waals surface area contributed by atoms with Gasteiger partial charge in [0.1, 0.15) is 11.3 Å². The average Bonchev–Trinajstić information content (AvgIpc) is 2.67. The van der Waals surface area contributed by atoms with Gasteiger partial charge in [0, 0.05) is 21.4 Å². The molecule has 0 bridgehead atoms. The predicted molar refractivity (Wildman–Crippen MR) is 107 cm³/mol. The minimum absolute atomic E-state index is 0.0568. The molecular weight excluding hydrogens is 561 g/mol. The summed E-state index contributed by atoms with van der Waals surface area (Å²) in [7, 11) is -6.14. The van der Waals surface area contributed by atoms with Crippen molar-refractivity contribution in [2.75, 3.05) is 12.3 Å². The van der Waals surface area contributed by atoms with Crippen LogP contribution in [0.2, 0.25) is 0 Å². The lowest BCUT2D eigenvalue weighted by molar-refractivity contribution is -0.385. The predicted octanol–water partition coefficient (Wildman–Crippen LogP) is 2.30. The maximum absolute atomic E-state index is 13.2. The van der Waals surface area contributed by atoms with E-state index < -0.39 is 50.1 Å². The number of nitrogens with two attached hydrogens (primary N) is 1. The molecule has 15 heteroatoms. The Hall–Kier alpha value is -2.92. The molecule has 0 aliphatic carbocycles. The number of esters is 2. The highest BCUT2D eigenvalue weighted by atomic mass is 127. The Morgan fingerprint density at radius 3 is 2.35 bits per heavy atom. The fourth-order valence-electron chi connectivity index (χ4n) is 2.02. The Kier molecular flexibility index (Phi) is 7.12. The number of halogens is 3. The number of benzene rings is 2. The second kappa shape index (κ2) is 9.06.